The lowest BCUT2D eigenvalue weighted by Crippen LogP contribution is -2.31. The maximum atomic E-state index is 13.5. The van der Waals surface area contributed by atoms with E-state index in [4.69, 9.17) is 5.84 Å². The summed E-state index contributed by atoms with van der Waals surface area (Å²) in [6.45, 7) is 2.76. The van der Waals surface area contributed by atoms with Crippen LogP contribution in [0.4, 0.5) is 10.1 Å². The fourth-order valence-corrected chi connectivity index (χ4v) is 2.38. The molecule has 0 aromatic heterocycles. The molecule has 4 N–H and O–H groups in total. The minimum absolute atomic E-state index is 0.00740. The van der Waals surface area contributed by atoms with Gasteiger partial charge >= 0.3 is 0 Å². The number of nitrogens with one attached hydrogen (secondary N) is 1. The van der Waals surface area contributed by atoms with E-state index < -0.39 is 11.9 Å². The number of nitrogens with two attached hydrogens (primary N) is 1. The Labute approximate surface area is 111 Å². The van der Waals surface area contributed by atoms with Gasteiger partial charge in [-0.15, -0.1) is 0 Å². The van der Waals surface area contributed by atoms with Gasteiger partial charge in [0.2, 0.25) is 0 Å². The SMILES string of the molecule is CC(O)C1CCN(C(=O)c2cccc(F)c2NN)C1. The summed E-state index contributed by atoms with van der Waals surface area (Å²) in [5, 5.41) is 9.54. The number of aliphatic hydroxyl groups excluding tert-OH is 1. The number of aliphatic hydroxyl groups is 1. The van der Waals surface area contributed by atoms with Crippen LogP contribution in [0.1, 0.15) is 23.7 Å². The first-order valence-corrected chi connectivity index (χ1v) is 6.27. The van der Waals surface area contributed by atoms with Crippen LogP contribution >= 0.6 is 0 Å². The van der Waals surface area contributed by atoms with Crippen molar-refractivity contribution in [1.29, 1.82) is 0 Å². The largest absolute Gasteiger partial charge is 0.393 e. The van der Waals surface area contributed by atoms with Gasteiger partial charge in [0.25, 0.3) is 5.91 Å². The summed E-state index contributed by atoms with van der Waals surface area (Å²) in [6.07, 6.45) is 0.307. The molecule has 0 aliphatic carbocycles. The van der Waals surface area contributed by atoms with Gasteiger partial charge in [-0.1, -0.05) is 6.07 Å². The number of nitrogen functional groups attached to an aromatic ring is 1. The molecule has 1 heterocycles. The lowest BCUT2D eigenvalue weighted by Gasteiger charge is -2.19. The van der Waals surface area contributed by atoms with E-state index in [1.54, 1.807) is 11.8 Å². The van der Waals surface area contributed by atoms with E-state index >= 15 is 0 Å². The second-order valence-corrected chi connectivity index (χ2v) is 4.85. The summed E-state index contributed by atoms with van der Waals surface area (Å²) in [5.74, 6) is 4.51. The number of rotatable bonds is 3. The summed E-state index contributed by atoms with van der Waals surface area (Å²) >= 11 is 0. The standard InChI is InChI=1S/C13H18FN3O2/c1-8(18)9-5-6-17(7-9)13(19)10-3-2-4-11(14)12(10)16-15/h2-4,8-9,16,18H,5-7,15H2,1H3. The molecule has 104 valence electrons. The lowest BCUT2D eigenvalue weighted by atomic mass is 10.0. The lowest BCUT2D eigenvalue weighted by molar-refractivity contribution is 0.0763. The first-order chi connectivity index (χ1) is 9.04. The topological polar surface area (TPSA) is 78.6 Å². The Balaban J connectivity index is 2.19. The highest BCUT2D eigenvalue weighted by atomic mass is 19.1. The van der Waals surface area contributed by atoms with Crippen molar-refractivity contribution in [3.8, 4) is 0 Å². The molecule has 0 saturated carbocycles. The molecule has 1 aliphatic heterocycles. The van der Waals surface area contributed by atoms with Gasteiger partial charge in [0.15, 0.2) is 0 Å². The second-order valence-electron chi connectivity index (χ2n) is 4.85. The number of amides is 1. The van der Waals surface area contributed by atoms with E-state index in [0.29, 0.717) is 13.1 Å². The summed E-state index contributed by atoms with van der Waals surface area (Å²) in [5.41, 5.74) is 2.45. The first-order valence-electron chi connectivity index (χ1n) is 6.27. The number of likely N-dealkylation sites (tertiary alicyclic amines) is 1. The number of hydrogen-bond donors (Lipinski definition) is 3. The van der Waals surface area contributed by atoms with Crippen molar-refractivity contribution >= 4 is 11.6 Å². The zero-order valence-corrected chi connectivity index (χ0v) is 10.8. The molecule has 0 radical (unpaired) electrons. The predicted octanol–water partition coefficient (Wildman–Crippen LogP) is 0.954. The minimum Gasteiger partial charge on any atom is -0.393 e. The molecule has 1 fully saturated rings. The third-order valence-corrected chi connectivity index (χ3v) is 3.58. The van der Waals surface area contributed by atoms with Crippen molar-refractivity contribution in [3.05, 3.63) is 29.6 Å². The molecule has 2 rings (SSSR count). The highest BCUT2D eigenvalue weighted by molar-refractivity contribution is 5.99. The number of hydrogen-bond acceptors (Lipinski definition) is 4. The zero-order chi connectivity index (χ0) is 14.0. The van der Waals surface area contributed by atoms with Gasteiger partial charge in [-0.05, 0) is 25.5 Å². The van der Waals surface area contributed by atoms with Crippen LogP contribution in [0.25, 0.3) is 0 Å². The summed E-state index contributed by atoms with van der Waals surface area (Å²) < 4.78 is 13.5. The van der Waals surface area contributed by atoms with Gasteiger partial charge < -0.3 is 15.4 Å². The minimum atomic E-state index is -0.556. The molecule has 0 bridgehead atoms. The molecular formula is C13H18FN3O2. The summed E-state index contributed by atoms with van der Waals surface area (Å²) in [6, 6.07) is 4.26. The molecule has 1 aromatic rings. The summed E-state index contributed by atoms with van der Waals surface area (Å²) in [4.78, 5) is 13.9. The Kier molecular flexibility index (Phi) is 4.01. The fraction of sp³-hybridized carbons (Fsp3) is 0.462. The number of carbonyl (C=O) groups is 1. The van der Waals surface area contributed by atoms with Gasteiger partial charge in [-0.3, -0.25) is 10.6 Å². The molecule has 5 nitrogen and oxygen atoms in total. The number of carbonyl (C=O) groups excluding carboxylic acids is 1. The predicted molar refractivity (Wildman–Crippen MR) is 69.9 cm³/mol. The van der Waals surface area contributed by atoms with E-state index in [2.05, 4.69) is 5.43 Å². The zero-order valence-electron chi connectivity index (χ0n) is 10.8. The first kappa shape index (κ1) is 13.8. The second kappa shape index (κ2) is 5.54. The fourth-order valence-electron chi connectivity index (χ4n) is 2.38. The molecule has 1 saturated heterocycles. The average Bonchev–Trinajstić information content (AvgIpc) is 2.87. The maximum Gasteiger partial charge on any atom is 0.256 e. The average molecular weight is 267 g/mol. The van der Waals surface area contributed by atoms with Gasteiger partial charge in [-0.2, -0.15) is 0 Å². The van der Waals surface area contributed by atoms with Crippen LogP contribution < -0.4 is 11.3 Å². The molecule has 2 atom stereocenters. The van der Waals surface area contributed by atoms with E-state index in [9.17, 15) is 14.3 Å². The number of nitrogens with zero attached hydrogens (tertiary/aromatic N) is 1. The quantitative estimate of drug-likeness (QED) is 0.563. The van der Waals surface area contributed by atoms with E-state index in [1.165, 1.54) is 18.2 Å². The number of anilines is 1. The van der Waals surface area contributed by atoms with Crippen LogP contribution in [0.3, 0.4) is 0 Å². The molecule has 1 amide bonds. The van der Waals surface area contributed by atoms with E-state index in [1.807, 2.05) is 0 Å². The van der Waals surface area contributed by atoms with Crippen molar-refractivity contribution in [2.24, 2.45) is 11.8 Å². The van der Waals surface area contributed by atoms with Crippen molar-refractivity contribution in [2.45, 2.75) is 19.4 Å². The Morgan fingerprint density at radius 1 is 1.63 bits per heavy atom. The number of halogens is 1. The Morgan fingerprint density at radius 3 is 2.95 bits per heavy atom. The van der Waals surface area contributed by atoms with Crippen molar-refractivity contribution in [1.82, 2.24) is 4.90 Å². The molecular weight excluding hydrogens is 249 g/mol. The van der Waals surface area contributed by atoms with E-state index in [-0.39, 0.29) is 23.1 Å². The van der Waals surface area contributed by atoms with Crippen LogP contribution in [0.15, 0.2) is 18.2 Å². The van der Waals surface area contributed by atoms with Crippen LogP contribution in [0.2, 0.25) is 0 Å². The maximum absolute atomic E-state index is 13.5. The smallest absolute Gasteiger partial charge is 0.256 e. The number of hydrazine groups is 1. The van der Waals surface area contributed by atoms with Crippen molar-refractivity contribution < 1.29 is 14.3 Å². The normalized spacial score (nSPS) is 20.4. The van der Waals surface area contributed by atoms with Crippen molar-refractivity contribution in [2.75, 3.05) is 18.5 Å². The van der Waals surface area contributed by atoms with Crippen LogP contribution in [0.5, 0.6) is 0 Å². The molecule has 2 unspecified atom stereocenters. The third-order valence-electron chi connectivity index (χ3n) is 3.58. The van der Waals surface area contributed by atoms with Crippen LogP contribution in [-0.4, -0.2) is 35.1 Å². The molecule has 0 spiro atoms. The molecule has 6 heteroatoms. The Morgan fingerprint density at radius 2 is 2.37 bits per heavy atom. The monoisotopic (exact) mass is 267 g/mol. The van der Waals surface area contributed by atoms with Crippen molar-refractivity contribution in [3.63, 3.8) is 0 Å². The molecule has 1 aromatic carbocycles. The summed E-state index contributed by atoms with van der Waals surface area (Å²) in [7, 11) is 0. The molecule has 1 aliphatic rings. The van der Waals surface area contributed by atoms with Gasteiger partial charge in [0.05, 0.1) is 17.4 Å². The number of benzene rings is 1. The Bertz CT molecular complexity index is 479. The van der Waals surface area contributed by atoms with Crippen LogP contribution in [-0.2, 0) is 0 Å². The van der Waals surface area contributed by atoms with Crippen LogP contribution in [0, 0.1) is 11.7 Å². The Hall–Kier alpha value is -1.66. The van der Waals surface area contributed by atoms with Gasteiger partial charge in [0, 0.05) is 19.0 Å². The van der Waals surface area contributed by atoms with Gasteiger partial charge in [0.1, 0.15) is 5.82 Å². The van der Waals surface area contributed by atoms with Gasteiger partial charge in [-0.25, -0.2) is 4.39 Å². The molecule has 19 heavy (non-hydrogen) atoms. The van der Waals surface area contributed by atoms with E-state index in [0.717, 1.165) is 6.42 Å². The highest BCUT2D eigenvalue weighted by Crippen LogP contribution is 2.25. The number of para-hydroxylation sites is 1. The highest BCUT2D eigenvalue weighted by Gasteiger charge is 2.30. The third kappa shape index (κ3) is 2.69.